The maximum Gasteiger partial charge on any atom is 0.408 e. The Hall–Kier alpha value is -2.52. The van der Waals surface area contributed by atoms with Gasteiger partial charge in [-0.05, 0) is 52.8 Å². The number of alkyl carbamates (subject to hydrolysis) is 1. The SMILES string of the molecule is CC(C)=CCOc1cc(F)ccc1C(O)C#CCNC(=O)OC(C)(C)C. The Kier molecular flexibility index (Phi) is 8.14. The molecule has 1 rings (SSSR count). The molecule has 0 fully saturated rings. The van der Waals surface area contributed by atoms with E-state index in [9.17, 15) is 14.3 Å². The first-order chi connectivity index (χ1) is 12.1. The minimum atomic E-state index is -1.17. The summed E-state index contributed by atoms with van der Waals surface area (Å²) in [6, 6.07) is 3.86. The lowest BCUT2D eigenvalue weighted by atomic mass is 10.1. The van der Waals surface area contributed by atoms with Crippen molar-refractivity contribution in [3.05, 3.63) is 41.2 Å². The van der Waals surface area contributed by atoms with E-state index in [0.29, 0.717) is 5.56 Å². The Labute approximate surface area is 154 Å². The molecule has 2 N–H and O–H groups in total. The first-order valence-electron chi connectivity index (χ1n) is 8.27. The van der Waals surface area contributed by atoms with Gasteiger partial charge in [-0.3, -0.25) is 0 Å². The molecule has 0 aliphatic rings. The molecule has 0 aliphatic carbocycles. The second-order valence-electron chi connectivity index (χ2n) is 6.85. The van der Waals surface area contributed by atoms with E-state index in [2.05, 4.69) is 17.2 Å². The third kappa shape index (κ3) is 8.54. The third-order valence-electron chi connectivity index (χ3n) is 2.96. The first-order valence-corrected chi connectivity index (χ1v) is 8.27. The Bertz CT molecular complexity index is 707. The molecule has 0 radical (unpaired) electrons. The van der Waals surface area contributed by atoms with Crippen LogP contribution in [0.15, 0.2) is 29.8 Å². The number of aliphatic hydroxyl groups is 1. The van der Waals surface area contributed by atoms with Gasteiger partial charge in [0.25, 0.3) is 0 Å². The van der Waals surface area contributed by atoms with Crippen molar-refractivity contribution in [2.24, 2.45) is 0 Å². The number of benzene rings is 1. The highest BCUT2D eigenvalue weighted by Gasteiger charge is 2.15. The molecular weight excluding hydrogens is 337 g/mol. The summed E-state index contributed by atoms with van der Waals surface area (Å²) in [6.45, 7) is 9.40. The van der Waals surface area contributed by atoms with Crippen LogP contribution in [0.2, 0.25) is 0 Å². The van der Waals surface area contributed by atoms with Crippen LogP contribution >= 0.6 is 0 Å². The maximum absolute atomic E-state index is 13.5. The minimum Gasteiger partial charge on any atom is -0.489 e. The molecular formula is C20H26FNO4. The molecule has 142 valence electrons. The van der Waals surface area contributed by atoms with Crippen molar-refractivity contribution in [2.45, 2.75) is 46.3 Å². The number of allylic oxidation sites excluding steroid dienone is 1. The standard InChI is InChI=1S/C20H26FNO4/c1-14(2)10-12-25-18-13-15(21)8-9-16(18)17(23)7-6-11-22-19(24)26-20(3,4)5/h8-10,13,17,23H,11-12H2,1-5H3,(H,22,24). The van der Waals surface area contributed by atoms with Gasteiger partial charge in [-0.2, -0.15) is 0 Å². The fraction of sp³-hybridized carbons (Fsp3) is 0.450. The van der Waals surface area contributed by atoms with Gasteiger partial charge in [-0.1, -0.05) is 17.4 Å². The van der Waals surface area contributed by atoms with Crippen LogP contribution in [-0.2, 0) is 4.74 Å². The Morgan fingerprint density at radius 3 is 2.69 bits per heavy atom. The highest BCUT2D eigenvalue weighted by Crippen LogP contribution is 2.26. The fourth-order valence-electron chi connectivity index (χ4n) is 1.81. The van der Waals surface area contributed by atoms with Gasteiger partial charge in [-0.25, -0.2) is 9.18 Å². The maximum atomic E-state index is 13.5. The predicted molar refractivity (Wildman–Crippen MR) is 98.3 cm³/mol. The minimum absolute atomic E-state index is 0.0150. The van der Waals surface area contributed by atoms with E-state index in [1.807, 2.05) is 19.9 Å². The van der Waals surface area contributed by atoms with Crippen LogP contribution < -0.4 is 10.1 Å². The summed E-state index contributed by atoms with van der Waals surface area (Å²) in [4.78, 5) is 11.5. The third-order valence-corrected chi connectivity index (χ3v) is 2.96. The molecule has 0 saturated heterocycles. The zero-order valence-electron chi connectivity index (χ0n) is 15.9. The van der Waals surface area contributed by atoms with Gasteiger partial charge in [0, 0.05) is 11.6 Å². The van der Waals surface area contributed by atoms with Gasteiger partial charge in [-0.15, -0.1) is 0 Å². The summed E-state index contributed by atoms with van der Waals surface area (Å²) < 4.78 is 24.0. The Morgan fingerprint density at radius 1 is 1.38 bits per heavy atom. The number of nitrogens with one attached hydrogen (secondary N) is 1. The van der Waals surface area contributed by atoms with Crippen LogP contribution in [0.5, 0.6) is 5.75 Å². The largest absolute Gasteiger partial charge is 0.489 e. The number of hydrogen-bond donors (Lipinski definition) is 2. The van der Waals surface area contributed by atoms with Crippen molar-refractivity contribution in [2.75, 3.05) is 13.2 Å². The number of amides is 1. The molecule has 1 aromatic carbocycles. The molecule has 1 aromatic rings. The molecule has 0 spiro atoms. The summed E-state index contributed by atoms with van der Waals surface area (Å²) in [7, 11) is 0. The van der Waals surface area contributed by atoms with Gasteiger partial charge >= 0.3 is 6.09 Å². The van der Waals surface area contributed by atoms with E-state index in [0.717, 1.165) is 5.57 Å². The zero-order chi connectivity index (χ0) is 19.7. The summed E-state index contributed by atoms with van der Waals surface area (Å²) in [5.74, 6) is 5.00. The van der Waals surface area contributed by atoms with Crippen molar-refractivity contribution < 1.29 is 23.8 Å². The van der Waals surface area contributed by atoms with Crippen LogP contribution in [-0.4, -0.2) is 30.0 Å². The monoisotopic (exact) mass is 363 g/mol. The number of ether oxygens (including phenoxy) is 2. The zero-order valence-corrected chi connectivity index (χ0v) is 15.9. The van der Waals surface area contributed by atoms with Crippen molar-refractivity contribution in [1.29, 1.82) is 0 Å². The quantitative estimate of drug-likeness (QED) is 0.618. The van der Waals surface area contributed by atoms with Crippen LogP contribution in [0.1, 0.15) is 46.3 Å². The van der Waals surface area contributed by atoms with E-state index in [1.165, 1.54) is 18.2 Å². The van der Waals surface area contributed by atoms with E-state index >= 15 is 0 Å². The van der Waals surface area contributed by atoms with Crippen molar-refractivity contribution in [1.82, 2.24) is 5.32 Å². The molecule has 0 heterocycles. The summed E-state index contributed by atoms with van der Waals surface area (Å²) in [5, 5.41) is 12.7. The summed E-state index contributed by atoms with van der Waals surface area (Å²) >= 11 is 0. The molecule has 1 atom stereocenters. The summed E-state index contributed by atoms with van der Waals surface area (Å²) in [6.07, 6.45) is 0.0869. The molecule has 1 amide bonds. The molecule has 26 heavy (non-hydrogen) atoms. The van der Waals surface area contributed by atoms with E-state index in [4.69, 9.17) is 9.47 Å². The van der Waals surface area contributed by atoms with E-state index < -0.39 is 23.6 Å². The van der Waals surface area contributed by atoms with Crippen molar-refractivity contribution in [3.63, 3.8) is 0 Å². The number of aliphatic hydroxyl groups excluding tert-OH is 1. The number of rotatable bonds is 5. The Balaban J connectivity index is 2.71. The van der Waals surface area contributed by atoms with Crippen LogP contribution in [0.25, 0.3) is 0 Å². The molecule has 0 saturated carbocycles. The average Bonchev–Trinajstić information content (AvgIpc) is 2.49. The van der Waals surface area contributed by atoms with E-state index in [-0.39, 0.29) is 18.9 Å². The summed E-state index contributed by atoms with van der Waals surface area (Å²) in [5.41, 5.74) is 0.831. The Morgan fingerprint density at radius 2 is 2.08 bits per heavy atom. The topological polar surface area (TPSA) is 67.8 Å². The van der Waals surface area contributed by atoms with Crippen LogP contribution in [0, 0.1) is 17.7 Å². The lowest BCUT2D eigenvalue weighted by Crippen LogP contribution is -2.32. The van der Waals surface area contributed by atoms with Crippen molar-refractivity contribution in [3.8, 4) is 17.6 Å². The molecule has 0 bridgehead atoms. The molecule has 5 nitrogen and oxygen atoms in total. The van der Waals surface area contributed by atoms with Crippen molar-refractivity contribution >= 4 is 6.09 Å². The predicted octanol–water partition coefficient (Wildman–Crippen LogP) is 3.73. The normalized spacial score (nSPS) is 11.7. The highest BCUT2D eigenvalue weighted by atomic mass is 19.1. The lowest BCUT2D eigenvalue weighted by molar-refractivity contribution is 0.0535. The second-order valence-corrected chi connectivity index (χ2v) is 6.85. The number of carbonyl (C=O) groups excluding carboxylic acids is 1. The number of halogens is 1. The fourth-order valence-corrected chi connectivity index (χ4v) is 1.81. The highest BCUT2D eigenvalue weighted by molar-refractivity contribution is 5.68. The lowest BCUT2D eigenvalue weighted by Gasteiger charge is -2.19. The van der Waals surface area contributed by atoms with Gasteiger partial charge < -0.3 is 19.9 Å². The van der Waals surface area contributed by atoms with E-state index in [1.54, 1.807) is 20.8 Å². The van der Waals surface area contributed by atoms with Crippen LogP contribution in [0.4, 0.5) is 9.18 Å². The van der Waals surface area contributed by atoms with Gasteiger partial charge in [0.2, 0.25) is 0 Å². The molecule has 6 heteroatoms. The molecule has 0 aromatic heterocycles. The van der Waals surface area contributed by atoms with Gasteiger partial charge in [0.05, 0.1) is 6.54 Å². The molecule has 0 aliphatic heterocycles. The number of carbonyl (C=O) groups is 1. The first kappa shape index (κ1) is 21.5. The van der Waals surface area contributed by atoms with Gasteiger partial charge in [0.1, 0.15) is 29.9 Å². The molecule has 1 unspecified atom stereocenters. The van der Waals surface area contributed by atoms with Gasteiger partial charge in [0.15, 0.2) is 0 Å². The average molecular weight is 363 g/mol. The smallest absolute Gasteiger partial charge is 0.408 e. The van der Waals surface area contributed by atoms with Crippen LogP contribution in [0.3, 0.4) is 0 Å². The second kappa shape index (κ2) is 9.83. The number of hydrogen-bond acceptors (Lipinski definition) is 4.